The SMILES string of the molecule is COC1CNC(Cl)CC1C1CC(C)NCC1C(=O)NC1NC2CN(C(=O)[C@H]3CCCOC3)CC2S1. The van der Waals surface area contributed by atoms with E-state index < -0.39 is 0 Å². The molecule has 0 aromatic carbocycles. The maximum Gasteiger partial charge on any atom is 0.228 e. The lowest BCUT2D eigenvalue weighted by Crippen LogP contribution is -2.57. The summed E-state index contributed by atoms with van der Waals surface area (Å²) in [5.74, 6) is 0.653. The molecule has 5 fully saturated rings. The van der Waals surface area contributed by atoms with Crippen LogP contribution in [0.4, 0.5) is 0 Å². The van der Waals surface area contributed by atoms with Crippen molar-refractivity contribution in [2.75, 3.05) is 46.5 Å². The molecule has 0 aromatic rings. The third-order valence-electron chi connectivity index (χ3n) is 8.55. The van der Waals surface area contributed by atoms with Crippen LogP contribution in [0.5, 0.6) is 0 Å². The first-order valence-corrected chi connectivity index (χ1v) is 14.5. The van der Waals surface area contributed by atoms with Gasteiger partial charge in [0.2, 0.25) is 11.8 Å². The van der Waals surface area contributed by atoms with Crippen LogP contribution in [-0.4, -0.2) is 97.7 Å². The number of methoxy groups -OCH3 is 1. The minimum Gasteiger partial charge on any atom is -0.381 e. The number of alkyl halides is 1. The highest BCUT2D eigenvalue weighted by Gasteiger charge is 2.47. The van der Waals surface area contributed by atoms with Gasteiger partial charge in [0.15, 0.2) is 0 Å². The Morgan fingerprint density at radius 1 is 1.17 bits per heavy atom. The standard InChI is InChI=1S/C24H40ClN5O4S/c1-13-6-15(16-7-21(25)27-9-19(16)33-2)17(8-26-13)22(31)29-24-28-18-10-30(11-20(18)35-24)23(32)14-4-3-5-34-12-14/h13-21,24,26-28H,3-12H2,1-2H3,(H,29,31)/t13?,14-,15?,16?,17?,18?,19?,20?,21?,24?/m0/s1. The zero-order valence-corrected chi connectivity index (χ0v) is 22.3. The first-order valence-electron chi connectivity index (χ1n) is 13.1. The molecule has 35 heavy (non-hydrogen) atoms. The van der Waals surface area contributed by atoms with E-state index in [1.165, 1.54) is 0 Å². The monoisotopic (exact) mass is 529 g/mol. The molecule has 5 heterocycles. The topological polar surface area (TPSA) is 104 Å². The quantitative estimate of drug-likeness (QED) is 0.302. The molecule has 11 heteroatoms. The van der Waals surface area contributed by atoms with Crippen molar-refractivity contribution in [2.45, 2.75) is 67.0 Å². The van der Waals surface area contributed by atoms with Crippen LogP contribution in [0, 0.1) is 23.7 Å². The fraction of sp³-hybridized carbons (Fsp3) is 0.917. The Bertz CT molecular complexity index is 760. The van der Waals surface area contributed by atoms with Crippen molar-refractivity contribution in [3.8, 4) is 0 Å². The van der Waals surface area contributed by atoms with Gasteiger partial charge in [0.25, 0.3) is 0 Å². The molecule has 0 saturated carbocycles. The summed E-state index contributed by atoms with van der Waals surface area (Å²) in [4.78, 5) is 28.4. The summed E-state index contributed by atoms with van der Waals surface area (Å²) in [6.07, 6.45) is 3.68. The summed E-state index contributed by atoms with van der Waals surface area (Å²) >= 11 is 8.20. The maximum atomic E-state index is 13.5. The Hall–Kier alpha value is -0.620. The summed E-state index contributed by atoms with van der Waals surface area (Å²) in [6.45, 7) is 6.31. The molecular formula is C24H40ClN5O4S. The Morgan fingerprint density at radius 2 is 2.03 bits per heavy atom. The van der Waals surface area contributed by atoms with Gasteiger partial charge in [-0.05, 0) is 44.4 Å². The Balaban J connectivity index is 1.16. The van der Waals surface area contributed by atoms with E-state index in [4.69, 9.17) is 21.1 Å². The second-order valence-corrected chi connectivity index (χ2v) is 12.7. The zero-order valence-electron chi connectivity index (χ0n) is 20.7. The van der Waals surface area contributed by atoms with Gasteiger partial charge >= 0.3 is 0 Å². The molecular weight excluding hydrogens is 490 g/mol. The van der Waals surface area contributed by atoms with Crippen molar-refractivity contribution < 1.29 is 19.1 Å². The van der Waals surface area contributed by atoms with E-state index in [-0.39, 0.29) is 58.6 Å². The minimum absolute atomic E-state index is 0.000276. The van der Waals surface area contributed by atoms with Crippen molar-refractivity contribution >= 4 is 35.2 Å². The van der Waals surface area contributed by atoms with Gasteiger partial charge in [-0.15, -0.1) is 23.4 Å². The fourth-order valence-corrected chi connectivity index (χ4v) is 8.34. The van der Waals surface area contributed by atoms with E-state index in [9.17, 15) is 9.59 Å². The van der Waals surface area contributed by atoms with E-state index in [1.54, 1.807) is 18.9 Å². The number of hydrogen-bond acceptors (Lipinski definition) is 8. The molecule has 0 spiro atoms. The number of carbonyl (C=O) groups is 2. The third kappa shape index (κ3) is 5.78. The van der Waals surface area contributed by atoms with Crippen molar-refractivity contribution in [1.29, 1.82) is 0 Å². The number of nitrogens with one attached hydrogen (secondary N) is 4. The predicted molar refractivity (Wildman–Crippen MR) is 136 cm³/mol. The predicted octanol–water partition coefficient (Wildman–Crippen LogP) is 0.532. The average molecular weight is 530 g/mol. The lowest BCUT2D eigenvalue weighted by molar-refractivity contribution is -0.138. The van der Waals surface area contributed by atoms with Gasteiger partial charge in [-0.1, -0.05) is 0 Å². The molecule has 0 aromatic heterocycles. The first kappa shape index (κ1) is 26.0. The number of rotatable bonds is 5. The van der Waals surface area contributed by atoms with Gasteiger partial charge in [-0.3, -0.25) is 20.2 Å². The number of amides is 2. The average Bonchev–Trinajstić information content (AvgIpc) is 3.42. The van der Waals surface area contributed by atoms with Gasteiger partial charge in [-0.2, -0.15) is 0 Å². The summed E-state index contributed by atoms with van der Waals surface area (Å²) in [5.41, 5.74) is -0.211. The van der Waals surface area contributed by atoms with Crippen LogP contribution in [0.25, 0.3) is 0 Å². The second kappa shape index (κ2) is 11.4. The molecule has 0 aliphatic carbocycles. The molecule has 5 saturated heterocycles. The fourth-order valence-electron chi connectivity index (χ4n) is 6.64. The highest BCUT2D eigenvalue weighted by Crippen LogP contribution is 2.38. The molecule has 5 rings (SSSR count). The van der Waals surface area contributed by atoms with E-state index >= 15 is 0 Å². The number of piperidine rings is 2. The lowest BCUT2D eigenvalue weighted by atomic mass is 9.70. The van der Waals surface area contributed by atoms with Crippen LogP contribution in [0.15, 0.2) is 0 Å². The maximum absolute atomic E-state index is 13.5. The lowest BCUT2D eigenvalue weighted by Gasteiger charge is -2.45. The Labute approximate surface area is 217 Å². The molecule has 9 unspecified atom stereocenters. The number of fused-ring (bicyclic) bond motifs is 1. The van der Waals surface area contributed by atoms with E-state index in [0.717, 1.165) is 38.8 Å². The van der Waals surface area contributed by atoms with Crippen LogP contribution >= 0.6 is 23.4 Å². The molecule has 0 bridgehead atoms. The zero-order chi connectivity index (χ0) is 24.5. The van der Waals surface area contributed by atoms with E-state index in [2.05, 4.69) is 28.2 Å². The molecule has 2 amide bonds. The van der Waals surface area contributed by atoms with Crippen LogP contribution in [-0.2, 0) is 19.1 Å². The number of carbonyl (C=O) groups excluding carboxylic acids is 2. The third-order valence-corrected chi connectivity index (χ3v) is 10.2. The molecule has 10 atom stereocenters. The van der Waals surface area contributed by atoms with Crippen molar-refractivity contribution in [2.24, 2.45) is 23.7 Å². The number of thioether (sulfide) groups is 1. The number of halogens is 1. The van der Waals surface area contributed by atoms with Crippen LogP contribution in [0.2, 0.25) is 0 Å². The molecule has 0 radical (unpaired) electrons. The molecule has 4 N–H and O–H groups in total. The Kier molecular flexibility index (Phi) is 8.48. The van der Waals surface area contributed by atoms with Crippen LogP contribution < -0.4 is 21.3 Å². The first-order chi connectivity index (χ1) is 16.9. The largest absolute Gasteiger partial charge is 0.381 e. The van der Waals surface area contributed by atoms with E-state index in [0.29, 0.717) is 37.5 Å². The molecule has 5 aliphatic heterocycles. The van der Waals surface area contributed by atoms with Gasteiger partial charge in [-0.25, -0.2) is 0 Å². The Morgan fingerprint density at radius 3 is 2.77 bits per heavy atom. The molecule has 9 nitrogen and oxygen atoms in total. The van der Waals surface area contributed by atoms with Crippen LogP contribution in [0.3, 0.4) is 0 Å². The summed E-state index contributed by atoms with van der Waals surface area (Å²) in [7, 11) is 1.75. The summed E-state index contributed by atoms with van der Waals surface area (Å²) in [6, 6.07) is 0.569. The van der Waals surface area contributed by atoms with Gasteiger partial charge in [0.1, 0.15) is 5.50 Å². The highest BCUT2D eigenvalue weighted by molar-refractivity contribution is 8.00. The van der Waals surface area contributed by atoms with Crippen molar-refractivity contribution in [3.63, 3.8) is 0 Å². The number of ether oxygens (including phenoxy) is 2. The number of likely N-dealkylation sites (tertiary alicyclic amines) is 1. The van der Waals surface area contributed by atoms with Gasteiger partial charge in [0.05, 0.1) is 30.0 Å². The summed E-state index contributed by atoms with van der Waals surface area (Å²) < 4.78 is 11.3. The molecule has 5 aliphatic rings. The van der Waals surface area contributed by atoms with Gasteiger partial charge in [0, 0.05) is 57.2 Å². The smallest absolute Gasteiger partial charge is 0.228 e. The normalized spacial score (nSPS) is 44.1. The summed E-state index contributed by atoms with van der Waals surface area (Å²) in [5, 5.41) is 13.9. The highest BCUT2D eigenvalue weighted by atomic mass is 35.5. The molecule has 198 valence electrons. The van der Waals surface area contributed by atoms with Gasteiger partial charge < -0.3 is 25.0 Å². The minimum atomic E-state index is -0.125. The van der Waals surface area contributed by atoms with Crippen LogP contribution in [0.1, 0.15) is 32.6 Å². The van der Waals surface area contributed by atoms with Crippen molar-refractivity contribution in [1.82, 2.24) is 26.2 Å². The van der Waals surface area contributed by atoms with Crippen molar-refractivity contribution in [3.05, 3.63) is 0 Å². The number of nitrogens with zero attached hydrogens (tertiary/aromatic N) is 1. The second-order valence-electron chi connectivity index (χ2n) is 10.9. The number of hydrogen-bond donors (Lipinski definition) is 4. The van der Waals surface area contributed by atoms with E-state index in [1.807, 2.05) is 4.90 Å².